The lowest BCUT2D eigenvalue weighted by Crippen LogP contribution is -2.47. The summed E-state index contributed by atoms with van der Waals surface area (Å²) in [5, 5.41) is 23.4. The first-order chi connectivity index (χ1) is 33.4. The Balaban J connectivity index is 0.891. The van der Waals surface area contributed by atoms with Crippen molar-refractivity contribution in [2.24, 2.45) is 21.1 Å². The van der Waals surface area contributed by atoms with Gasteiger partial charge in [0.05, 0.1) is 28.3 Å². The molecule has 10 rings (SSSR count). The van der Waals surface area contributed by atoms with E-state index in [1.165, 1.54) is 21.1 Å². The number of rotatable bonds is 11. The number of nitrogens with one attached hydrogen (secondary N) is 3. The molecule has 17 nitrogen and oxygen atoms in total. The number of aryl methyl sites for hydroxylation is 4. The van der Waals surface area contributed by atoms with Crippen LogP contribution >= 0.6 is 0 Å². The normalized spacial score (nSPS) is 15.5. The summed E-state index contributed by atoms with van der Waals surface area (Å²) in [5.74, 6) is -1.61. The highest BCUT2D eigenvalue weighted by Gasteiger charge is 2.32. The fourth-order valence-electron chi connectivity index (χ4n) is 9.98. The molecule has 69 heavy (non-hydrogen) atoms. The number of aromatic nitrogens is 7. The van der Waals surface area contributed by atoms with E-state index in [0.29, 0.717) is 35.2 Å². The van der Waals surface area contributed by atoms with Gasteiger partial charge in [-0.25, -0.2) is 14.0 Å². The third kappa shape index (κ3) is 8.34. The first-order valence-electron chi connectivity index (χ1n) is 23.1. The molecule has 0 bridgehead atoms. The highest BCUT2D eigenvalue weighted by atomic mass is 16.2. The number of piperazine rings is 1. The third-order valence-corrected chi connectivity index (χ3v) is 13.7. The van der Waals surface area contributed by atoms with Gasteiger partial charge in [0.25, 0.3) is 11.8 Å². The molecule has 4 amide bonds. The van der Waals surface area contributed by atoms with Gasteiger partial charge in [0.1, 0.15) is 6.33 Å². The number of benzene rings is 5. The SMILES string of the molecule is CNC(=O)c1cccc(NC(=O)c2nn(C)c3ccc(-c4ccc(-n5cnn(C)c5=O)cc4-c4ccc(N5CCN(CCc6cccc7c(C8CCC(=O)NC8=O)nn(C)c67)CC5)cc4)c(C)c23)c1. The Labute approximate surface area is 397 Å². The molecule has 2 fully saturated rings. The van der Waals surface area contributed by atoms with Crippen molar-refractivity contribution in [3.05, 3.63) is 142 Å². The average molecular weight is 925 g/mol. The molecule has 350 valence electrons. The fraction of sp³-hybridized carbons (Fsp3) is 0.269. The van der Waals surface area contributed by atoms with E-state index in [1.807, 2.05) is 68.2 Å². The molecular weight excluding hydrogens is 873 g/mol. The zero-order chi connectivity index (χ0) is 48.1. The average Bonchev–Trinajstić information content (AvgIpc) is 4.01. The van der Waals surface area contributed by atoms with E-state index in [0.717, 1.165) is 94.8 Å². The van der Waals surface area contributed by atoms with Crippen molar-refractivity contribution in [3.63, 3.8) is 0 Å². The first kappa shape index (κ1) is 44.6. The number of carbonyl (C=O) groups is 4. The van der Waals surface area contributed by atoms with Gasteiger partial charge in [0.2, 0.25) is 11.8 Å². The van der Waals surface area contributed by atoms with Crippen LogP contribution in [0.2, 0.25) is 0 Å². The summed E-state index contributed by atoms with van der Waals surface area (Å²) in [4.78, 5) is 68.9. The number of imide groups is 1. The van der Waals surface area contributed by atoms with Crippen LogP contribution in [-0.2, 0) is 37.2 Å². The zero-order valence-electron chi connectivity index (χ0n) is 39.1. The van der Waals surface area contributed by atoms with Crippen LogP contribution < -0.4 is 26.5 Å². The zero-order valence-corrected chi connectivity index (χ0v) is 39.1. The molecule has 5 heterocycles. The number of piperidine rings is 1. The highest BCUT2D eigenvalue weighted by molar-refractivity contribution is 6.13. The maximum absolute atomic E-state index is 13.9. The van der Waals surface area contributed by atoms with Crippen molar-refractivity contribution in [1.29, 1.82) is 0 Å². The van der Waals surface area contributed by atoms with Gasteiger partial charge in [-0.2, -0.15) is 15.3 Å². The molecule has 1 unspecified atom stereocenters. The fourth-order valence-corrected chi connectivity index (χ4v) is 9.98. The number of nitrogens with zero attached hydrogens (tertiary/aromatic N) is 9. The van der Waals surface area contributed by atoms with E-state index >= 15 is 0 Å². The largest absolute Gasteiger partial charge is 0.369 e. The number of para-hydroxylation sites is 1. The Morgan fingerprint density at radius 2 is 1.52 bits per heavy atom. The monoisotopic (exact) mass is 924 g/mol. The summed E-state index contributed by atoms with van der Waals surface area (Å²) >= 11 is 0. The summed E-state index contributed by atoms with van der Waals surface area (Å²) in [6.07, 6.45) is 3.13. The van der Waals surface area contributed by atoms with Crippen molar-refractivity contribution in [2.75, 3.05) is 50.0 Å². The van der Waals surface area contributed by atoms with Gasteiger partial charge in [0, 0.05) is 95.0 Å². The molecule has 3 aromatic heterocycles. The number of fused-ring (bicyclic) bond motifs is 2. The number of hydrogen-bond donors (Lipinski definition) is 3. The molecule has 1 atom stereocenters. The van der Waals surface area contributed by atoms with Crippen LogP contribution in [0.1, 0.15) is 56.4 Å². The molecule has 0 saturated carbocycles. The van der Waals surface area contributed by atoms with Gasteiger partial charge in [-0.1, -0.05) is 48.5 Å². The third-order valence-electron chi connectivity index (χ3n) is 13.7. The molecule has 17 heteroatoms. The van der Waals surface area contributed by atoms with Gasteiger partial charge in [-0.15, -0.1) is 0 Å². The highest BCUT2D eigenvalue weighted by Crippen LogP contribution is 2.39. The first-order valence-corrected chi connectivity index (χ1v) is 23.1. The van der Waals surface area contributed by atoms with Gasteiger partial charge < -0.3 is 15.5 Å². The second-order valence-electron chi connectivity index (χ2n) is 17.8. The Kier molecular flexibility index (Phi) is 11.7. The van der Waals surface area contributed by atoms with E-state index in [9.17, 15) is 24.0 Å². The van der Waals surface area contributed by atoms with Crippen LogP contribution in [-0.4, -0.2) is 102 Å². The van der Waals surface area contributed by atoms with Crippen molar-refractivity contribution in [2.45, 2.75) is 32.1 Å². The lowest BCUT2D eigenvalue weighted by Gasteiger charge is -2.36. The summed E-state index contributed by atoms with van der Waals surface area (Å²) in [5.41, 5.74) is 10.9. The molecule has 8 aromatic rings. The van der Waals surface area contributed by atoms with Crippen LogP contribution in [0, 0.1) is 6.92 Å². The van der Waals surface area contributed by atoms with Gasteiger partial charge in [-0.05, 0) is 102 Å². The molecule has 0 radical (unpaired) electrons. The predicted molar refractivity (Wildman–Crippen MR) is 265 cm³/mol. The topological polar surface area (TPSA) is 186 Å². The van der Waals surface area contributed by atoms with E-state index in [2.05, 4.69) is 66.3 Å². The minimum Gasteiger partial charge on any atom is -0.369 e. The van der Waals surface area contributed by atoms with Gasteiger partial charge in [-0.3, -0.25) is 38.8 Å². The second kappa shape index (κ2) is 18.1. The smallest absolute Gasteiger partial charge is 0.350 e. The quantitative estimate of drug-likeness (QED) is 0.140. The number of anilines is 2. The van der Waals surface area contributed by atoms with Crippen LogP contribution in [0.4, 0.5) is 11.4 Å². The number of hydrogen-bond acceptors (Lipinski definition) is 10. The van der Waals surface area contributed by atoms with Gasteiger partial charge >= 0.3 is 5.69 Å². The summed E-state index contributed by atoms with van der Waals surface area (Å²) in [7, 11) is 6.91. The Morgan fingerprint density at radius 1 is 0.768 bits per heavy atom. The van der Waals surface area contributed by atoms with Crippen LogP contribution in [0.15, 0.2) is 108 Å². The molecule has 3 N–H and O–H groups in total. The lowest BCUT2D eigenvalue weighted by molar-refractivity contribution is -0.134. The number of amides is 4. The molecule has 5 aromatic carbocycles. The molecular formula is C52H52N12O5. The lowest BCUT2D eigenvalue weighted by atomic mass is 9.90. The Morgan fingerprint density at radius 3 is 2.26 bits per heavy atom. The standard InChI is InChI=1S/C52H52N12O5/c1-31-38(18-20-43-45(31)47(58-59(43)3)51(68)55-35-10-6-9-34(28-35)49(66)53-2)39-17-16-37(64-30-54-61(5)52(64)69)29-42(39)32-12-14-36(15-13-32)63-26-24-62(25-27-63)23-22-33-8-7-11-40-46(57-60(4)48(33)40)41-19-21-44(65)56-50(41)67/h6-18,20,28-30,41H,19,21-27H2,1-5H3,(H,53,66)(H,55,68)(H,56,65,67). The second-order valence-corrected chi connectivity index (χ2v) is 17.8. The van der Waals surface area contributed by atoms with Crippen LogP contribution in [0.5, 0.6) is 0 Å². The molecule has 0 spiro atoms. The molecule has 2 saturated heterocycles. The van der Waals surface area contributed by atoms with E-state index in [-0.39, 0.29) is 29.1 Å². The van der Waals surface area contributed by atoms with E-state index < -0.39 is 11.8 Å². The maximum Gasteiger partial charge on any atom is 0.350 e. The van der Waals surface area contributed by atoms with E-state index in [1.54, 1.807) is 43.0 Å². The van der Waals surface area contributed by atoms with Gasteiger partial charge in [0.15, 0.2) is 5.69 Å². The van der Waals surface area contributed by atoms with Crippen molar-refractivity contribution in [3.8, 4) is 27.9 Å². The van der Waals surface area contributed by atoms with E-state index in [4.69, 9.17) is 5.10 Å². The Bertz CT molecular complexity index is 3410. The number of carbonyl (C=O) groups excluding carboxylic acids is 4. The van der Waals surface area contributed by atoms with Crippen molar-refractivity contribution >= 4 is 56.8 Å². The van der Waals surface area contributed by atoms with Crippen LogP contribution in [0.3, 0.4) is 0 Å². The summed E-state index contributed by atoms with van der Waals surface area (Å²) in [6.45, 7) is 6.39. The van der Waals surface area contributed by atoms with Crippen molar-refractivity contribution in [1.82, 2.24) is 49.4 Å². The molecule has 2 aliphatic heterocycles. The van der Waals surface area contributed by atoms with Crippen molar-refractivity contribution < 1.29 is 19.2 Å². The summed E-state index contributed by atoms with van der Waals surface area (Å²) < 4.78 is 6.40. The predicted octanol–water partition coefficient (Wildman–Crippen LogP) is 5.48. The minimum atomic E-state index is -0.440. The maximum atomic E-state index is 13.9. The molecule has 2 aliphatic rings. The Hall–Kier alpha value is -8.18. The molecule has 0 aliphatic carbocycles. The summed E-state index contributed by atoms with van der Waals surface area (Å²) in [6, 6.07) is 31.5. The minimum absolute atomic E-state index is 0.233. The van der Waals surface area contributed by atoms with Crippen LogP contribution in [0.25, 0.3) is 49.7 Å².